The Kier molecular flexibility index (Phi) is 7.60. The topological polar surface area (TPSA) is 90.9 Å². The Morgan fingerprint density at radius 2 is 1.94 bits per heavy atom. The second-order valence-corrected chi connectivity index (χ2v) is 8.84. The van der Waals surface area contributed by atoms with Crippen LogP contribution < -0.4 is 10.2 Å². The number of cyclic esters (lactones) is 1. The molecule has 1 aromatic carbocycles. The molecule has 0 spiro atoms. The molecule has 2 aliphatic heterocycles. The number of amides is 2. The summed E-state index contributed by atoms with van der Waals surface area (Å²) in [4.78, 5) is 37.9. The van der Waals surface area contributed by atoms with E-state index in [-0.39, 0.29) is 18.6 Å². The lowest BCUT2D eigenvalue weighted by Gasteiger charge is -2.34. The number of piperazine rings is 1. The fourth-order valence-electron chi connectivity index (χ4n) is 4.29. The van der Waals surface area contributed by atoms with Crippen molar-refractivity contribution in [1.29, 1.82) is 0 Å². The van der Waals surface area contributed by atoms with Crippen molar-refractivity contribution >= 4 is 23.8 Å². The number of hydrogen-bond donors (Lipinski definition) is 1. The summed E-state index contributed by atoms with van der Waals surface area (Å²) in [6.07, 6.45) is 1.05. The van der Waals surface area contributed by atoms with E-state index in [0.29, 0.717) is 24.9 Å². The van der Waals surface area contributed by atoms with E-state index >= 15 is 0 Å². The number of nitrogens with one attached hydrogen (secondary N) is 1. The molecule has 186 valence electrons. The molecule has 0 radical (unpaired) electrons. The Hall–Kier alpha value is -3.53. The average molecular weight is 483 g/mol. The fourth-order valence-corrected chi connectivity index (χ4v) is 4.29. The first-order valence-electron chi connectivity index (χ1n) is 11.8. The predicted octanol–water partition coefficient (Wildman–Crippen LogP) is 3.16. The summed E-state index contributed by atoms with van der Waals surface area (Å²) in [5, 5.41) is 3.25. The third kappa shape index (κ3) is 5.76. The molecular weight excluding hydrogens is 451 g/mol. The Labute approximate surface area is 204 Å². The van der Waals surface area contributed by atoms with Crippen LogP contribution >= 0.6 is 0 Å². The summed E-state index contributed by atoms with van der Waals surface area (Å²) in [6, 6.07) is 9.09. The first-order chi connectivity index (χ1) is 16.9. The molecule has 0 bridgehead atoms. The Morgan fingerprint density at radius 3 is 2.60 bits per heavy atom. The van der Waals surface area contributed by atoms with Gasteiger partial charge in [-0.3, -0.25) is 14.6 Å². The predicted molar refractivity (Wildman–Crippen MR) is 131 cm³/mol. The minimum atomic E-state index is -1.25. The molecule has 3 atom stereocenters. The molecule has 2 aliphatic rings. The number of benzene rings is 1. The summed E-state index contributed by atoms with van der Waals surface area (Å²) in [5.41, 5.74) is 2.25. The van der Waals surface area contributed by atoms with E-state index in [1.165, 1.54) is 29.7 Å². The molecule has 2 amide bonds. The molecule has 35 heavy (non-hydrogen) atoms. The van der Waals surface area contributed by atoms with Crippen LogP contribution in [-0.2, 0) is 16.1 Å². The Balaban J connectivity index is 1.35. The number of aromatic nitrogens is 2. The third-order valence-electron chi connectivity index (χ3n) is 6.41. The van der Waals surface area contributed by atoms with Crippen molar-refractivity contribution in [2.45, 2.75) is 38.6 Å². The molecule has 1 N–H and O–H groups in total. The van der Waals surface area contributed by atoms with Gasteiger partial charge in [0.15, 0.2) is 0 Å². The third-order valence-corrected chi connectivity index (χ3v) is 6.41. The van der Waals surface area contributed by atoms with Gasteiger partial charge < -0.3 is 15.0 Å². The molecule has 2 unspecified atom stereocenters. The number of carbonyl (C=O) groups excluding carboxylic acids is 2. The highest BCUT2D eigenvalue weighted by molar-refractivity contribution is 5.89. The molecule has 2 saturated heterocycles. The number of ether oxygens (including phenoxy) is 1. The summed E-state index contributed by atoms with van der Waals surface area (Å²) in [6.45, 7) is 10.9. The molecule has 2 fully saturated rings. The van der Waals surface area contributed by atoms with Gasteiger partial charge in [0.05, 0.1) is 6.04 Å². The van der Waals surface area contributed by atoms with Gasteiger partial charge in [-0.2, -0.15) is 4.98 Å². The highest BCUT2D eigenvalue weighted by Gasteiger charge is 2.39. The summed E-state index contributed by atoms with van der Waals surface area (Å²) < 4.78 is 18.9. The number of anilines is 2. The molecule has 2 aromatic rings. The lowest BCUT2D eigenvalue weighted by Crippen LogP contribution is -2.47. The van der Waals surface area contributed by atoms with Crippen LogP contribution in [0.1, 0.15) is 31.0 Å². The average Bonchev–Trinajstić information content (AvgIpc) is 3.26. The minimum Gasteiger partial charge on any atom is -0.447 e. The maximum absolute atomic E-state index is 13.9. The van der Waals surface area contributed by atoms with Gasteiger partial charge in [-0.25, -0.2) is 14.2 Å². The Morgan fingerprint density at radius 1 is 1.23 bits per heavy atom. The first kappa shape index (κ1) is 24.6. The van der Waals surface area contributed by atoms with Crippen molar-refractivity contribution in [2.75, 3.05) is 43.0 Å². The second kappa shape index (κ2) is 10.8. The normalized spacial score (nSPS) is 20.3. The van der Waals surface area contributed by atoms with E-state index in [1.54, 1.807) is 6.07 Å². The van der Waals surface area contributed by atoms with Crippen molar-refractivity contribution in [3.8, 4) is 0 Å². The van der Waals surface area contributed by atoms with Crippen LogP contribution in [0, 0.1) is 0 Å². The highest BCUT2D eigenvalue weighted by atomic mass is 19.1. The summed E-state index contributed by atoms with van der Waals surface area (Å²) >= 11 is 0. The minimum absolute atomic E-state index is 0.00531. The molecule has 10 heteroatoms. The van der Waals surface area contributed by atoms with Crippen molar-refractivity contribution in [3.05, 3.63) is 60.3 Å². The number of rotatable bonds is 8. The lowest BCUT2D eigenvalue weighted by atomic mass is 10.1. The van der Waals surface area contributed by atoms with Crippen LogP contribution in [0.3, 0.4) is 0 Å². The van der Waals surface area contributed by atoms with Crippen LogP contribution in [-0.4, -0.2) is 76.8 Å². The largest absolute Gasteiger partial charge is 0.447 e. The highest BCUT2D eigenvalue weighted by Crippen LogP contribution is 2.26. The van der Waals surface area contributed by atoms with Crippen LogP contribution in [0.4, 0.5) is 21.0 Å². The van der Waals surface area contributed by atoms with E-state index in [2.05, 4.69) is 51.0 Å². The summed E-state index contributed by atoms with van der Waals surface area (Å²) in [5.74, 6) is 0.634. The second-order valence-electron chi connectivity index (χ2n) is 8.84. The molecule has 3 heterocycles. The van der Waals surface area contributed by atoms with Gasteiger partial charge >= 0.3 is 6.09 Å². The van der Waals surface area contributed by atoms with Crippen molar-refractivity contribution in [1.82, 2.24) is 19.8 Å². The molecule has 0 aliphatic carbocycles. The van der Waals surface area contributed by atoms with E-state index in [4.69, 9.17) is 4.74 Å². The van der Waals surface area contributed by atoms with Gasteiger partial charge in [-0.1, -0.05) is 30.8 Å². The van der Waals surface area contributed by atoms with Gasteiger partial charge in [-0.05, 0) is 37.1 Å². The van der Waals surface area contributed by atoms with Crippen molar-refractivity contribution < 1.29 is 18.7 Å². The lowest BCUT2D eigenvalue weighted by molar-refractivity contribution is -0.127. The number of nitrogens with zero attached hydrogens (tertiary/aromatic N) is 5. The molecule has 1 aromatic heterocycles. The SMILES string of the molecule is C=CC(=O)N1CCN(Cc2ccc(C(C)Nc3nccc(N4C(=O)OC[C@@H]4C(C)F)n3)cc2)CC1. The van der Waals surface area contributed by atoms with Crippen LogP contribution in [0.2, 0.25) is 0 Å². The van der Waals surface area contributed by atoms with Crippen molar-refractivity contribution in [3.63, 3.8) is 0 Å². The standard InChI is InChI=1S/C25H31FN6O3/c1-4-23(33)31-13-11-30(12-14-31)15-19-5-7-20(8-6-19)18(3)28-24-27-10-9-22(29-24)32-21(17(2)26)16-35-25(32)34/h4-10,17-18,21H,1,11-16H2,2-3H3,(H,27,28,29)/t17?,18?,21-/m1/s1. The van der Waals surface area contributed by atoms with Gasteiger partial charge in [0.1, 0.15) is 24.6 Å². The maximum atomic E-state index is 13.9. The van der Waals surface area contributed by atoms with E-state index < -0.39 is 18.3 Å². The number of carbonyl (C=O) groups is 2. The maximum Gasteiger partial charge on any atom is 0.416 e. The monoisotopic (exact) mass is 482 g/mol. The van der Waals surface area contributed by atoms with Gasteiger partial charge in [0.25, 0.3) is 0 Å². The Bertz CT molecular complexity index is 1060. The fraction of sp³-hybridized carbons (Fsp3) is 0.440. The van der Waals surface area contributed by atoms with Gasteiger partial charge in [-0.15, -0.1) is 0 Å². The van der Waals surface area contributed by atoms with Gasteiger partial charge in [0.2, 0.25) is 11.9 Å². The molecular formula is C25H31FN6O3. The number of hydrogen-bond acceptors (Lipinski definition) is 7. The summed E-state index contributed by atoms with van der Waals surface area (Å²) in [7, 11) is 0. The zero-order chi connectivity index (χ0) is 24.9. The van der Waals surface area contributed by atoms with Crippen LogP contribution in [0.15, 0.2) is 49.2 Å². The van der Waals surface area contributed by atoms with Gasteiger partial charge in [0, 0.05) is 38.9 Å². The number of halogens is 1. The van der Waals surface area contributed by atoms with Crippen molar-refractivity contribution in [2.24, 2.45) is 0 Å². The molecule has 0 saturated carbocycles. The zero-order valence-corrected chi connectivity index (χ0v) is 20.1. The smallest absolute Gasteiger partial charge is 0.416 e. The van der Waals surface area contributed by atoms with E-state index in [9.17, 15) is 14.0 Å². The molecule has 9 nitrogen and oxygen atoms in total. The molecule has 4 rings (SSSR count). The van der Waals surface area contributed by atoms with E-state index in [0.717, 1.165) is 25.2 Å². The first-order valence-corrected chi connectivity index (χ1v) is 11.8. The van der Waals surface area contributed by atoms with Crippen LogP contribution in [0.25, 0.3) is 0 Å². The van der Waals surface area contributed by atoms with Crippen LogP contribution in [0.5, 0.6) is 0 Å². The van der Waals surface area contributed by atoms with E-state index in [1.807, 2.05) is 11.8 Å². The quantitative estimate of drug-likeness (QED) is 0.578. The number of alkyl halides is 1. The zero-order valence-electron chi connectivity index (χ0n) is 20.1.